The Morgan fingerprint density at radius 1 is 1.21 bits per heavy atom. The molecule has 0 saturated heterocycles. The Labute approximate surface area is 163 Å². The predicted octanol–water partition coefficient (Wildman–Crippen LogP) is 4.40. The molecule has 0 unspecified atom stereocenters. The van der Waals surface area contributed by atoms with E-state index in [9.17, 15) is 9.59 Å². The van der Waals surface area contributed by atoms with Crippen LogP contribution in [-0.2, 0) is 6.54 Å². The van der Waals surface area contributed by atoms with Gasteiger partial charge in [0.15, 0.2) is 12.4 Å². The zero-order chi connectivity index (χ0) is 20.1. The van der Waals surface area contributed by atoms with Gasteiger partial charge in [-0.05, 0) is 56.3 Å². The highest BCUT2D eigenvalue weighted by Crippen LogP contribution is 2.19. The van der Waals surface area contributed by atoms with Crippen molar-refractivity contribution in [3.63, 3.8) is 0 Å². The molecular weight excluding hydrogens is 356 g/mol. The topological polar surface area (TPSA) is 73.5 Å². The minimum Gasteiger partial charge on any atom is -0.485 e. The molecule has 6 heteroatoms. The summed E-state index contributed by atoms with van der Waals surface area (Å²) < 4.78 is 12.7. The monoisotopic (exact) mass is 378 g/mol. The van der Waals surface area contributed by atoms with Gasteiger partial charge in [0.25, 0.3) is 5.91 Å². The van der Waals surface area contributed by atoms with Gasteiger partial charge < -0.3 is 19.0 Å². The molecule has 1 N–H and O–H groups in total. The Balaban J connectivity index is 1.59. The molecule has 0 aliphatic rings. The SMILES string of the molecule is C=CCn1c(C)cc(C(=O)COc2ccc(NC(=O)c3ccco3)cc2)c1C. The van der Waals surface area contributed by atoms with Crippen LogP contribution in [0.4, 0.5) is 5.69 Å². The maximum atomic E-state index is 12.5. The number of furan rings is 1. The number of nitrogens with zero attached hydrogens (tertiary/aromatic N) is 1. The third-order valence-corrected chi connectivity index (χ3v) is 4.41. The number of ketones is 1. The minimum atomic E-state index is -0.330. The van der Waals surface area contributed by atoms with Crippen LogP contribution in [0.25, 0.3) is 0 Å². The van der Waals surface area contributed by atoms with Crippen LogP contribution in [-0.4, -0.2) is 22.9 Å². The average Bonchev–Trinajstić information content (AvgIpc) is 3.32. The van der Waals surface area contributed by atoms with Gasteiger partial charge in [-0.15, -0.1) is 6.58 Å². The normalized spacial score (nSPS) is 10.5. The highest BCUT2D eigenvalue weighted by molar-refractivity contribution is 6.02. The fourth-order valence-electron chi connectivity index (χ4n) is 2.96. The highest BCUT2D eigenvalue weighted by atomic mass is 16.5. The minimum absolute atomic E-state index is 0.0590. The molecule has 0 fully saturated rings. The number of nitrogens with one attached hydrogen (secondary N) is 1. The maximum absolute atomic E-state index is 12.5. The lowest BCUT2D eigenvalue weighted by molar-refractivity contribution is 0.0920. The van der Waals surface area contributed by atoms with E-state index in [2.05, 4.69) is 11.9 Å². The van der Waals surface area contributed by atoms with Gasteiger partial charge in [0.2, 0.25) is 5.78 Å². The Morgan fingerprint density at radius 3 is 2.61 bits per heavy atom. The third kappa shape index (κ3) is 4.23. The maximum Gasteiger partial charge on any atom is 0.291 e. The summed E-state index contributed by atoms with van der Waals surface area (Å²) in [6.07, 6.45) is 3.24. The fourth-order valence-corrected chi connectivity index (χ4v) is 2.96. The number of aromatic nitrogens is 1. The number of Topliss-reactive ketones (excluding diaryl/α,β-unsaturated/α-hetero) is 1. The molecule has 0 radical (unpaired) electrons. The molecule has 3 aromatic rings. The van der Waals surface area contributed by atoms with Gasteiger partial charge in [0.1, 0.15) is 5.75 Å². The number of carbonyl (C=O) groups excluding carboxylic acids is 2. The summed E-state index contributed by atoms with van der Waals surface area (Å²) >= 11 is 0. The molecule has 1 aromatic carbocycles. The molecule has 1 amide bonds. The van der Waals surface area contributed by atoms with Crippen molar-refractivity contribution < 1.29 is 18.7 Å². The van der Waals surface area contributed by atoms with Gasteiger partial charge in [-0.25, -0.2) is 0 Å². The zero-order valence-corrected chi connectivity index (χ0v) is 15.9. The number of rotatable bonds is 8. The number of aryl methyl sites for hydroxylation is 1. The van der Waals surface area contributed by atoms with E-state index >= 15 is 0 Å². The molecule has 0 aliphatic heterocycles. The summed E-state index contributed by atoms with van der Waals surface area (Å²) in [5, 5.41) is 2.72. The first-order valence-electron chi connectivity index (χ1n) is 8.88. The van der Waals surface area contributed by atoms with Gasteiger partial charge in [0, 0.05) is 29.2 Å². The van der Waals surface area contributed by atoms with Crippen molar-refractivity contribution in [1.82, 2.24) is 4.57 Å². The first-order chi connectivity index (χ1) is 13.5. The number of anilines is 1. The lowest BCUT2D eigenvalue weighted by Crippen LogP contribution is -2.13. The number of hydrogen-bond acceptors (Lipinski definition) is 4. The molecule has 0 atom stereocenters. The van der Waals surface area contributed by atoms with Gasteiger partial charge in [0.05, 0.1) is 6.26 Å². The second kappa shape index (κ2) is 8.43. The Bertz CT molecular complexity index is 982. The fraction of sp³-hybridized carbons (Fsp3) is 0.182. The Kier molecular flexibility index (Phi) is 5.79. The van der Waals surface area contributed by atoms with Crippen molar-refractivity contribution >= 4 is 17.4 Å². The molecule has 0 saturated carbocycles. The van der Waals surface area contributed by atoms with Crippen molar-refractivity contribution in [3.05, 3.63) is 84.1 Å². The van der Waals surface area contributed by atoms with Crippen molar-refractivity contribution in [2.75, 3.05) is 11.9 Å². The van der Waals surface area contributed by atoms with Crippen molar-refractivity contribution in [3.8, 4) is 5.75 Å². The molecule has 3 rings (SSSR count). The zero-order valence-electron chi connectivity index (χ0n) is 15.9. The quantitative estimate of drug-likeness (QED) is 0.466. The standard InChI is InChI=1S/C22H22N2O4/c1-4-11-24-15(2)13-19(16(24)3)20(25)14-28-18-9-7-17(8-10-18)23-22(26)21-6-5-12-27-21/h4-10,12-13H,1,11,14H2,2-3H3,(H,23,26). The largest absolute Gasteiger partial charge is 0.485 e. The van der Waals surface area contributed by atoms with Crippen LogP contribution in [0, 0.1) is 13.8 Å². The summed E-state index contributed by atoms with van der Waals surface area (Å²) in [6, 6.07) is 11.9. The second-order valence-electron chi connectivity index (χ2n) is 6.35. The number of ether oxygens (including phenoxy) is 1. The summed E-state index contributed by atoms with van der Waals surface area (Å²) in [7, 11) is 0. The van der Waals surface area contributed by atoms with Crippen LogP contribution in [0.2, 0.25) is 0 Å². The first-order valence-corrected chi connectivity index (χ1v) is 8.88. The summed E-state index contributed by atoms with van der Waals surface area (Å²) in [5.74, 6) is 0.367. The van der Waals surface area contributed by atoms with Crippen LogP contribution in [0.5, 0.6) is 5.75 Å². The van der Waals surface area contributed by atoms with Gasteiger partial charge in [-0.2, -0.15) is 0 Å². The highest BCUT2D eigenvalue weighted by Gasteiger charge is 2.16. The Hall–Kier alpha value is -3.54. The Morgan fingerprint density at radius 2 is 1.96 bits per heavy atom. The lowest BCUT2D eigenvalue weighted by atomic mass is 10.1. The van der Waals surface area contributed by atoms with Crippen LogP contribution < -0.4 is 10.1 Å². The van der Waals surface area contributed by atoms with Crippen LogP contribution >= 0.6 is 0 Å². The molecule has 2 aromatic heterocycles. The molecule has 0 spiro atoms. The van der Waals surface area contributed by atoms with E-state index in [4.69, 9.17) is 9.15 Å². The van der Waals surface area contributed by atoms with E-state index in [1.165, 1.54) is 6.26 Å². The third-order valence-electron chi connectivity index (χ3n) is 4.41. The van der Waals surface area contributed by atoms with Gasteiger partial charge in [-0.1, -0.05) is 6.08 Å². The van der Waals surface area contributed by atoms with E-state index in [1.54, 1.807) is 42.5 Å². The number of allylic oxidation sites excluding steroid dienone is 1. The predicted molar refractivity (Wildman–Crippen MR) is 107 cm³/mol. The van der Waals surface area contributed by atoms with Crippen LogP contribution in [0.3, 0.4) is 0 Å². The van der Waals surface area contributed by atoms with E-state index < -0.39 is 0 Å². The van der Waals surface area contributed by atoms with Gasteiger partial charge in [-0.3, -0.25) is 9.59 Å². The molecule has 144 valence electrons. The molecule has 6 nitrogen and oxygen atoms in total. The molecule has 2 heterocycles. The van der Waals surface area contributed by atoms with Crippen molar-refractivity contribution in [2.24, 2.45) is 0 Å². The van der Waals surface area contributed by atoms with E-state index in [1.807, 2.05) is 24.5 Å². The van der Waals surface area contributed by atoms with Crippen molar-refractivity contribution in [1.29, 1.82) is 0 Å². The van der Waals surface area contributed by atoms with E-state index in [0.717, 1.165) is 11.4 Å². The number of carbonyl (C=O) groups is 2. The molecule has 0 bridgehead atoms. The molecule has 28 heavy (non-hydrogen) atoms. The van der Waals surface area contributed by atoms with E-state index in [-0.39, 0.29) is 24.1 Å². The number of benzene rings is 1. The number of amides is 1. The first kappa shape index (κ1) is 19.2. The second-order valence-corrected chi connectivity index (χ2v) is 6.35. The average molecular weight is 378 g/mol. The lowest BCUT2D eigenvalue weighted by Gasteiger charge is -2.08. The summed E-state index contributed by atoms with van der Waals surface area (Å²) in [5.41, 5.74) is 3.18. The van der Waals surface area contributed by atoms with Crippen LogP contribution in [0.1, 0.15) is 32.3 Å². The van der Waals surface area contributed by atoms with Gasteiger partial charge >= 0.3 is 0 Å². The molecule has 0 aliphatic carbocycles. The summed E-state index contributed by atoms with van der Waals surface area (Å²) in [6.45, 7) is 8.23. The smallest absolute Gasteiger partial charge is 0.291 e. The van der Waals surface area contributed by atoms with Crippen molar-refractivity contribution in [2.45, 2.75) is 20.4 Å². The number of hydrogen-bond donors (Lipinski definition) is 1. The summed E-state index contributed by atoms with van der Waals surface area (Å²) in [4.78, 5) is 24.5. The van der Waals surface area contributed by atoms with Crippen LogP contribution in [0.15, 0.2) is 65.8 Å². The molecular formula is C22H22N2O4. The van der Waals surface area contributed by atoms with E-state index in [0.29, 0.717) is 23.5 Å².